The Morgan fingerprint density at radius 3 is 3.05 bits per heavy atom. The zero-order valence-electron chi connectivity index (χ0n) is 11.0. The molecular formula is C14H18N2O3. The predicted molar refractivity (Wildman–Crippen MR) is 69.3 cm³/mol. The van der Waals surface area contributed by atoms with Crippen LogP contribution in [0.4, 0.5) is 0 Å². The Kier molecular flexibility index (Phi) is 3.14. The Bertz CT molecular complexity index is 489. The SMILES string of the molecule is CN1CC2CC1CC2COc1cc(C(=O)O)ccn1. The third-order valence-electron chi connectivity index (χ3n) is 4.39. The zero-order valence-corrected chi connectivity index (χ0v) is 11.0. The Hall–Kier alpha value is -1.62. The molecule has 1 aliphatic heterocycles. The first-order valence-electron chi connectivity index (χ1n) is 6.66. The number of hydrogen-bond acceptors (Lipinski definition) is 4. The summed E-state index contributed by atoms with van der Waals surface area (Å²) < 4.78 is 5.68. The number of carboxylic acids is 1. The number of aromatic nitrogens is 1. The van der Waals surface area contributed by atoms with Crippen LogP contribution in [0.25, 0.3) is 0 Å². The molecule has 1 aliphatic carbocycles. The number of hydrogen-bond donors (Lipinski definition) is 1. The summed E-state index contributed by atoms with van der Waals surface area (Å²) in [6, 6.07) is 3.67. The van der Waals surface area contributed by atoms with Crippen molar-refractivity contribution >= 4 is 5.97 Å². The van der Waals surface area contributed by atoms with Gasteiger partial charge in [0.15, 0.2) is 0 Å². The number of carbonyl (C=O) groups is 1. The highest BCUT2D eigenvalue weighted by atomic mass is 16.5. The minimum Gasteiger partial charge on any atom is -0.478 e. The lowest BCUT2D eigenvalue weighted by Gasteiger charge is -2.28. The first-order valence-corrected chi connectivity index (χ1v) is 6.66. The number of aromatic carboxylic acids is 1. The summed E-state index contributed by atoms with van der Waals surface area (Å²) in [5, 5.41) is 8.92. The van der Waals surface area contributed by atoms with E-state index in [1.165, 1.54) is 31.2 Å². The van der Waals surface area contributed by atoms with Gasteiger partial charge in [0.2, 0.25) is 5.88 Å². The van der Waals surface area contributed by atoms with Crippen LogP contribution in [-0.4, -0.2) is 47.2 Å². The van der Waals surface area contributed by atoms with Crippen LogP contribution in [-0.2, 0) is 0 Å². The van der Waals surface area contributed by atoms with Crippen molar-refractivity contribution in [2.24, 2.45) is 11.8 Å². The fourth-order valence-electron chi connectivity index (χ4n) is 3.30. The molecule has 1 N–H and O–H groups in total. The van der Waals surface area contributed by atoms with E-state index >= 15 is 0 Å². The molecule has 1 aromatic rings. The third kappa shape index (κ3) is 2.42. The lowest BCUT2D eigenvalue weighted by atomic mass is 9.96. The van der Waals surface area contributed by atoms with Gasteiger partial charge in [0.05, 0.1) is 12.2 Å². The van der Waals surface area contributed by atoms with Gasteiger partial charge in [-0.1, -0.05) is 0 Å². The standard InChI is InChI=1S/C14H18N2O3/c1-16-7-10-4-12(16)5-11(10)8-19-13-6-9(14(17)18)2-3-15-13/h2-3,6,10-12H,4-5,7-8H2,1H3,(H,17,18). The maximum atomic E-state index is 10.9. The molecule has 0 spiro atoms. The van der Waals surface area contributed by atoms with Gasteiger partial charge < -0.3 is 14.7 Å². The number of carboxylic acid groups (broad SMARTS) is 1. The van der Waals surface area contributed by atoms with Gasteiger partial charge >= 0.3 is 5.97 Å². The molecule has 1 aromatic heterocycles. The van der Waals surface area contributed by atoms with Crippen molar-refractivity contribution in [1.29, 1.82) is 0 Å². The average molecular weight is 262 g/mol. The predicted octanol–water partition coefficient (Wildman–Crippen LogP) is 1.50. The van der Waals surface area contributed by atoms with Gasteiger partial charge in [-0.2, -0.15) is 0 Å². The first kappa shape index (κ1) is 12.4. The van der Waals surface area contributed by atoms with Crippen LogP contribution < -0.4 is 4.74 Å². The van der Waals surface area contributed by atoms with Gasteiger partial charge in [0.25, 0.3) is 0 Å². The van der Waals surface area contributed by atoms with E-state index in [0.29, 0.717) is 24.4 Å². The molecule has 2 heterocycles. The van der Waals surface area contributed by atoms with Crippen molar-refractivity contribution in [3.63, 3.8) is 0 Å². The van der Waals surface area contributed by atoms with Gasteiger partial charge in [-0.3, -0.25) is 0 Å². The summed E-state index contributed by atoms with van der Waals surface area (Å²) in [5.74, 6) is 0.763. The number of fused-ring (bicyclic) bond motifs is 2. The summed E-state index contributed by atoms with van der Waals surface area (Å²) in [4.78, 5) is 17.3. The maximum Gasteiger partial charge on any atom is 0.335 e. The normalized spacial score (nSPS) is 29.6. The van der Waals surface area contributed by atoms with Crippen molar-refractivity contribution in [2.75, 3.05) is 20.2 Å². The van der Waals surface area contributed by atoms with E-state index in [0.717, 1.165) is 12.5 Å². The van der Waals surface area contributed by atoms with Crippen molar-refractivity contribution < 1.29 is 14.6 Å². The maximum absolute atomic E-state index is 10.9. The molecule has 19 heavy (non-hydrogen) atoms. The molecule has 3 atom stereocenters. The lowest BCUT2D eigenvalue weighted by Crippen LogP contribution is -2.34. The van der Waals surface area contributed by atoms with E-state index in [4.69, 9.17) is 9.84 Å². The second-order valence-corrected chi connectivity index (χ2v) is 5.58. The van der Waals surface area contributed by atoms with Crippen molar-refractivity contribution in [3.8, 4) is 5.88 Å². The zero-order chi connectivity index (χ0) is 13.4. The van der Waals surface area contributed by atoms with Crippen LogP contribution >= 0.6 is 0 Å². The fourth-order valence-corrected chi connectivity index (χ4v) is 3.30. The Labute approximate surface area is 112 Å². The van der Waals surface area contributed by atoms with E-state index in [1.807, 2.05) is 0 Å². The molecule has 2 fully saturated rings. The molecule has 3 rings (SSSR count). The van der Waals surface area contributed by atoms with E-state index in [9.17, 15) is 4.79 Å². The lowest BCUT2D eigenvalue weighted by molar-refractivity contribution is 0.0695. The van der Waals surface area contributed by atoms with E-state index in [2.05, 4.69) is 16.9 Å². The number of pyridine rings is 1. The number of ether oxygens (including phenoxy) is 1. The second kappa shape index (κ2) is 4.81. The molecule has 0 amide bonds. The van der Waals surface area contributed by atoms with Crippen LogP contribution in [0.3, 0.4) is 0 Å². The molecule has 0 aromatic carbocycles. The second-order valence-electron chi connectivity index (χ2n) is 5.58. The van der Waals surface area contributed by atoms with Crippen LogP contribution in [0.15, 0.2) is 18.3 Å². The quantitative estimate of drug-likeness (QED) is 0.891. The van der Waals surface area contributed by atoms with E-state index in [-0.39, 0.29) is 5.56 Å². The largest absolute Gasteiger partial charge is 0.478 e. The molecule has 5 heteroatoms. The number of likely N-dealkylation sites (tertiary alicyclic amines) is 1. The van der Waals surface area contributed by atoms with Gasteiger partial charge in [-0.05, 0) is 37.8 Å². The van der Waals surface area contributed by atoms with Crippen molar-refractivity contribution in [2.45, 2.75) is 18.9 Å². The van der Waals surface area contributed by atoms with Gasteiger partial charge in [-0.25, -0.2) is 9.78 Å². The summed E-state index contributed by atoms with van der Waals surface area (Å²) in [6.07, 6.45) is 3.93. The Morgan fingerprint density at radius 1 is 1.58 bits per heavy atom. The summed E-state index contributed by atoms with van der Waals surface area (Å²) >= 11 is 0. The molecule has 1 saturated heterocycles. The average Bonchev–Trinajstić information content (AvgIpc) is 2.95. The minimum atomic E-state index is -0.950. The fraction of sp³-hybridized carbons (Fsp3) is 0.571. The number of piperidine rings is 1. The van der Waals surface area contributed by atoms with Gasteiger partial charge in [-0.15, -0.1) is 0 Å². The summed E-state index contributed by atoms with van der Waals surface area (Å²) in [7, 11) is 2.18. The van der Waals surface area contributed by atoms with Gasteiger partial charge in [0.1, 0.15) is 0 Å². The van der Waals surface area contributed by atoms with Crippen LogP contribution in [0.5, 0.6) is 5.88 Å². The molecule has 0 radical (unpaired) electrons. The molecule has 2 bridgehead atoms. The Morgan fingerprint density at radius 2 is 2.42 bits per heavy atom. The topological polar surface area (TPSA) is 62.7 Å². The monoisotopic (exact) mass is 262 g/mol. The van der Waals surface area contributed by atoms with Gasteiger partial charge in [0, 0.05) is 24.8 Å². The Balaban J connectivity index is 1.58. The molecule has 102 valence electrons. The summed E-state index contributed by atoms with van der Waals surface area (Å²) in [5.41, 5.74) is 0.220. The van der Waals surface area contributed by atoms with E-state index in [1.54, 1.807) is 0 Å². The molecule has 3 unspecified atom stereocenters. The first-order chi connectivity index (χ1) is 9.13. The van der Waals surface area contributed by atoms with Crippen LogP contribution in [0, 0.1) is 11.8 Å². The molecular weight excluding hydrogens is 244 g/mol. The third-order valence-corrected chi connectivity index (χ3v) is 4.39. The van der Waals surface area contributed by atoms with Crippen LogP contribution in [0.1, 0.15) is 23.2 Å². The summed E-state index contributed by atoms with van der Waals surface area (Å²) in [6.45, 7) is 1.80. The van der Waals surface area contributed by atoms with E-state index < -0.39 is 5.97 Å². The smallest absolute Gasteiger partial charge is 0.335 e. The van der Waals surface area contributed by atoms with Crippen LogP contribution in [0.2, 0.25) is 0 Å². The minimum absolute atomic E-state index is 0.220. The molecule has 5 nitrogen and oxygen atoms in total. The van der Waals surface area contributed by atoms with Crippen molar-refractivity contribution in [1.82, 2.24) is 9.88 Å². The molecule has 2 aliphatic rings. The number of nitrogens with zero attached hydrogens (tertiary/aromatic N) is 2. The highest BCUT2D eigenvalue weighted by molar-refractivity contribution is 5.87. The molecule has 1 saturated carbocycles. The van der Waals surface area contributed by atoms with Crippen molar-refractivity contribution in [3.05, 3.63) is 23.9 Å². The highest BCUT2D eigenvalue weighted by Gasteiger charge is 2.43. The number of rotatable bonds is 4. The highest BCUT2D eigenvalue weighted by Crippen LogP contribution is 2.41.